The molecular formula is C10H18N2O3. The van der Waals surface area contributed by atoms with Crippen molar-refractivity contribution in [2.24, 2.45) is 0 Å². The first-order valence-corrected chi connectivity index (χ1v) is 4.65. The van der Waals surface area contributed by atoms with Gasteiger partial charge in [-0.2, -0.15) is 0 Å². The summed E-state index contributed by atoms with van der Waals surface area (Å²) in [6.07, 6.45) is 1.63. The molecule has 0 saturated heterocycles. The van der Waals surface area contributed by atoms with E-state index in [0.29, 0.717) is 6.54 Å². The molecule has 0 saturated carbocycles. The summed E-state index contributed by atoms with van der Waals surface area (Å²) in [4.78, 5) is 23.6. The first-order valence-electron chi connectivity index (χ1n) is 4.65. The van der Waals surface area contributed by atoms with Gasteiger partial charge in [0, 0.05) is 13.6 Å². The third kappa shape index (κ3) is 3.71. The molecule has 0 atom stereocenters. The largest absolute Gasteiger partial charge is 0.480 e. The Bertz CT molecular complexity index is 261. The van der Waals surface area contributed by atoms with Gasteiger partial charge in [-0.15, -0.1) is 6.58 Å². The predicted octanol–water partition coefficient (Wildman–Crippen LogP) is 0.0836. The number of nitrogens with zero attached hydrogens (tertiary/aromatic N) is 1. The van der Waals surface area contributed by atoms with Crippen LogP contribution in [0.1, 0.15) is 13.8 Å². The van der Waals surface area contributed by atoms with E-state index in [2.05, 4.69) is 11.9 Å². The van der Waals surface area contributed by atoms with Crippen LogP contribution in [0.4, 0.5) is 0 Å². The zero-order chi connectivity index (χ0) is 12.1. The molecule has 0 aromatic rings. The van der Waals surface area contributed by atoms with Crippen molar-refractivity contribution in [1.82, 2.24) is 10.2 Å². The monoisotopic (exact) mass is 214 g/mol. The number of likely N-dealkylation sites (N-methyl/N-ethyl adjacent to an activating group) is 1. The van der Waals surface area contributed by atoms with Crippen LogP contribution in [0.15, 0.2) is 12.7 Å². The molecule has 0 aliphatic heterocycles. The second-order valence-corrected chi connectivity index (χ2v) is 3.74. The lowest BCUT2D eigenvalue weighted by Gasteiger charge is -2.31. The van der Waals surface area contributed by atoms with Crippen LogP contribution >= 0.6 is 0 Å². The van der Waals surface area contributed by atoms with E-state index in [0.717, 1.165) is 0 Å². The number of carboxylic acid groups (broad SMARTS) is 1. The van der Waals surface area contributed by atoms with E-state index in [1.54, 1.807) is 6.08 Å². The Hall–Kier alpha value is -1.36. The van der Waals surface area contributed by atoms with Crippen LogP contribution in [0.5, 0.6) is 0 Å². The maximum Gasteiger partial charge on any atom is 0.329 e. The van der Waals surface area contributed by atoms with Gasteiger partial charge in [0.2, 0.25) is 5.91 Å². The molecule has 5 nitrogen and oxygen atoms in total. The fourth-order valence-electron chi connectivity index (χ4n) is 0.855. The molecule has 0 aliphatic carbocycles. The lowest BCUT2D eigenvalue weighted by atomic mass is 10.0. The second-order valence-electron chi connectivity index (χ2n) is 3.74. The van der Waals surface area contributed by atoms with Crippen molar-refractivity contribution in [3.63, 3.8) is 0 Å². The Morgan fingerprint density at radius 2 is 2.07 bits per heavy atom. The van der Waals surface area contributed by atoms with Gasteiger partial charge in [-0.1, -0.05) is 6.08 Å². The van der Waals surface area contributed by atoms with Crippen molar-refractivity contribution < 1.29 is 14.7 Å². The molecule has 1 amide bonds. The van der Waals surface area contributed by atoms with Crippen LogP contribution < -0.4 is 5.32 Å². The normalized spacial score (nSPS) is 10.9. The summed E-state index contributed by atoms with van der Waals surface area (Å²) >= 11 is 0. The average Bonchev–Trinajstić information content (AvgIpc) is 2.16. The Morgan fingerprint density at radius 3 is 2.47 bits per heavy atom. The van der Waals surface area contributed by atoms with Gasteiger partial charge < -0.3 is 15.3 Å². The molecule has 0 aromatic heterocycles. The molecule has 15 heavy (non-hydrogen) atoms. The third-order valence-corrected chi connectivity index (χ3v) is 2.30. The summed E-state index contributed by atoms with van der Waals surface area (Å²) < 4.78 is 0. The van der Waals surface area contributed by atoms with Crippen LogP contribution in [0.3, 0.4) is 0 Å². The number of hydrogen-bond donors (Lipinski definition) is 2. The van der Waals surface area contributed by atoms with E-state index >= 15 is 0 Å². The average molecular weight is 214 g/mol. The van der Waals surface area contributed by atoms with Gasteiger partial charge in [0.05, 0.1) is 6.54 Å². The minimum Gasteiger partial charge on any atom is -0.480 e. The molecule has 0 radical (unpaired) electrons. The molecule has 0 rings (SSSR count). The van der Waals surface area contributed by atoms with Crippen LogP contribution in [0, 0.1) is 0 Å². The highest BCUT2D eigenvalue weighted by Crippen LogP contribution is 2.11. The number of amides is 1. The van der Waals surface area contributed by atoms with Crippen molar-refractivity contribution in [3.05, 3.63) is 12.7 Å². The summed E-state index contributed by atoms with van der Waals surface area (Å²) in [5.74, 6) is -1.29. The zero-order valence-electron chi connectivity index (χ0n) is 9.41. The fourth-order valence-corrected chi connectivity index (χ4v) is 0.855. The van der Waals surface area contributed by atoms with Crippen molar-refractivity contribution in [3.8, 4) is 0 Å². The highest BCUT2D eigenvalue weighted by Gasteiger charge is 2.34. The van der Waals surface area contributed by atoms with E-state index in [9.17, 15) is 9.59 Å². The molecule has 0 bridgehead atoms. The van der Waals surface area contributed by atoms with Crippen molar-refractivity contribution in [2.45, 2.75) is 19.4 Å². The summed E-state index contributed by atoms with van der Waals surface area (Å²) in [6.45, 7) is 7.10. The van der Waals surface area contributed by atoms with Gasteiger partial charge in [-0.25, -0.2) is 4.79 Å². The van der Waals surface area contributed by atoms with Crippen molar-refractivity contribution in [2.75, 3.05) is 20.1 Å². The van der Waals surface area contributed by atoms with E-state index in [1.807, 2.05) is 0 Å². The Labute approximate surface area is 89.8 Å². The Balaban J connectivity index is 4.31. The van der Waals surface area contributed by atoms with Gasteiger partial charge in [0.15, 0.2) is 0 Å². The first-order chi connectivity index (χ1) is 6.84. The quantitative estimate of drug-likeness (QED) is 0.485. The summed E-state index contributed by atoms with van der Waals surface area (Å²) in [5, 5.41) is 11.7. The van der Waals surface area contributed by atoms with Gasteiger partial charge in [-0.3, -0.25) is 4.79 Å². The molecular weight excluding hydrogens is 196 g/mol. The van der Waals surface area contributed by atoms with E-state index in [-0.39, 0.29) is 12.5 Å². The topological polar surface area (TPSA) is 69.6 Å². The molecule has 2 N–H and O–H groups in total. The molecule has 0 unspecified atom stereocenters. The first kappa shape index (κ1) is 13.6. The summed E-state index contributed by atoms with van der Waals surface area (Å²) in [5.41, 5.74) is -1.19. The van der Waals surface area contributed by atoms with Crippen LogP contribution in [0.2, 0.25) is 0 Å². The number of rotatable bonds is 6. The van der Waals surface area contributed by atoms with E-state index < -0.39 is 11.5 Å². The maximum atomic E-state index is 11.5. The molecule has 86 valence electrons. The molecule has 0 spiro atoms. The Kier molecular flexibility index (Phi) is 5.00. The lowest BCUT2D eigenvalue weighted by Crippen LogP contribution is -2.53. The van der Waals surface area contributed by atoms with E-state index in [4.69, 9.17) is 5.11 Å². The lowest BCUT2D eigenvalue weighted by molar-refractivity contribution is -0.154. The van der Waals surface area contributed by atoms with Crippen molar-refractivity contribution in [1.29, 1.82) is 0 Å². The van der Waals surface area contributed by atoms with Gasteiger partial charge in [0.1, 0.15) is 5.54 Å². The number of carbonyl (C=O) groups excluding carboxylic acids is 1. The SMILES string of the molecule is C=CCNCC(=O)N(C)C(C)(C)C(=O)O. The number of hydrogen-bond acceptors (Lipinski definition) is 3. The van der Waals surface area contributed by atoms with Crippen LogP contribution in [0.25, 0.3) is 0 Å². The molecule has 0 fully saturated rings. The van der Waals surface area contributed by atoms with Gasteiger partial charge in [-0.05, 0) is 13.8 Å². The fraction of sp³-hybridized carbons (Fsp3) is 0.600. The molecule has 0 heterocycles. The third-order valence-electron chi connectivity index (χ3n) is 2.30. The van der Waals surface area contributed by atoms with Gasteiger partial charge in [0.25, 0.3) is 0 Å². The second kappa shape index (κ2) is 5.50. The standard InChI is InChI=1S/C10H18N2O3/c1-5-6-11-7-8(13)12(4)10(2,3)9(14)15/h5,11H,1,6-7H2,2-4H3,(H,14,15). The van der Waals surface area contributed by atoms with Gasteiger partial charge >= 0.3 is 5.97 Å². The van der Waals surface area contributed by atoms with E-state index in [1.165, 1.54) is 25.8 Å². The number of nitrogens with one attached hydrogen (secondary N) is 1. The molecule has 0 aliphatic rings. The Morgan fingerprint density at radius 1 is 1.53 bits per heavy atom. The highest BCUT2D eigenvalue weighted by molar-refractivity contribution is 5.87. The zero-order valence-corrected chi connectivity index (χ0v) is 9.41. The predicted molar refractivity (Wildman–Crippen MR) is 57.6 cm³/mol. The number of aliphatic carboxylic acids is 1. The molecule has 0 aromatic carbocycles. The smallest absolute Gasteiger partial charge is 0.329 e. The maximum absolute atomic E-state index is 11.5. The minimum absolute atomic E-state index is 0.110. The summed E-state index contributed by atoms with van der Waals surface area (Å²) in [6, 6.07) is 0. The van der Waals surface area contributed by atoms with Crippen LogP contribution in [-0.4, -0.2) is 47.6 Å². The minimum atomic E-state index is -1.19. The summed E-state index contributed by atoms with van der Waals surface area (Å²) in [7, 11) is 1.48. The highest BCUT2D eigenvalue weighted by atomic mass is 16.4. The van der Waals surface area contributed by atoms with Crippen LogP contribution in [-0.2, 0) is 9.59 Å². The number of carbonyl (C=O) groups is 2. The molecule has 5 heteroatoms. The number of carboxylic acids is 1. The van der Waals surface area contributed by atoms with Crippen molar-refractivity contribution >= 4 is 11.9 Å².